The average Bonchev–Trinajstić information content (AvgIpc) is 3.18. The summed E-state index contributed by atoms with van der Waals surface area (Å²) < 4.78 is 22.1. The fourth-order valence-electron chi connectivity index (χ4n) is 2.89. The van der Waals surface area contributed by atoms with Gasteiger partial charge in [0, 0.05) is 14.1 Å². The second-order valence-electron chi connectivity index (χ2n) is 6.19. The van der Waals surface area contributed by atoms with Crippen molar-refractivity contribution < 1.29 is 24.2 Å². The highest BCUT2D eigenvalue weighted by atomic mass is 19.1. The molecule has 0 aromatic carbocycles. The molecule has 11 heteroatoms. The van der Waals surface area contributed by atoms with Crippen molar-refractivity contribution in [3.05, 3.63) is 6.33 Å². The highest BCUT2D eigenvalue weighted by Gasteiger charge is 2.57. The Balaban J connectivity index is 2.15. The molecule has 4 atom stereocenters. The van der Waals surface area contributed by atoms with Gasteiger partial charge in [0.15, 0.2) is 23.2 Å². The molecule has 2 aromatic rings. The van der Waals surface area contributed by atoms with Gasteiger partial charge in [0.05, 0.1) is 19.5 Å². The quantitative estimate of drug-likeness (QED) is 0.464. The highest BCUT2D eigenvalue weighted by molar-refractivity contribution is 5.84. The Morgan fingerprint density at radius 3 is 2.85 bits per heavy atom. The standard InChI is InChI=1S/C16H21FN6O4/c1-5-16(17)11(25)9(7-24)27-14(16)23-8-18-10-12(22(3)4)19-15(20-13(10)23)21-26-6-2/h1,8-9,11,14,24-25H,6-7H2,2-4H3,(H,19,20,21)/t9-,11-,14-,16-/m1/s1. The lowest BCUT2D eigenvalue weighted by molar-refractivity contribution is -0.0504. The molecule has 146 valence electrons. The van der Waals surface area contributed by atoms with E-state index in [9.17, 15) is 10.2 Å². The van der Waals surface area contributed by atoms with E-state index in [0.29, 0.717) is 17.9 Å². The second kappa shape index (κ2) is 7.24. The van der Waals surface area contributed by atoms with Crippen molar-refractivity contribution in [2.75, 3.05) is 37.7 Å². The first-order chi connectivity index (χ1) is 12.9. The Morgan fingerprint density at radius 1 is 1.52 bits per heavy atom. The molecule has 1 aliphatic rings. The van der Waals surface area contributed by atoms with E-state index in [0.717, 1.165) is 0 Å². The van der Waals surface area contributed by atoms with E-state index >= 15 is 4.39 Å². The number of alkyl halides is 1. The summed E-state index contributed by atoms with van der Waals surface area (Å²) in [7, 11) is 3.54. The summed E-state index contributed by atoms with van der Waals surface area (Å²) in [6.45, 7) is 1.57. The number of hydrogen-bond donors (Lipinski definition) is 3. The van der Waals surface area contributed by atoms with E-state index in [1.165, 1.54) is 10.9 Å². The monoisotopic (exact) mass is 380 g/mol. The predicted molar refractivity (Wildman–Crippen MR) is 94.6 cm³/mol. The molecule has 0 saturated carbocycles. The van der Waals surface area contributed by atoms with E-state index in [1.54, 1.807) is 25.9 Å². The molecule has 0 amide bonds. The number of terminal acetylenes is 1. The van der Waals surface area contributed by atoms with Crippen molar-refractivity contribution in [3.63, 3.8) is 0 Å². The number of imidazole rings is 1. The number of rotatable bonds is 6. The van der Waals surface area contributed by atoms with Gasteiger partial charge in [-0.15, -0.1) is 6.42 Å². The Hall–Kier alpha value is -2.52. The molecule has 0 bridgehead atoms. The lowest BCUT2D eigenvalue weighted by atomic mass is 9.97. The minimum atomic E-state index is -2.57. The molecule has 10 nitrogen and oxygen atoms in total. The lowest BCUT2D eigenvalue weighted by Crippen LogP contribution is -2.42. The van der Waals surface area contributed by atoms with Gasteiger partial charge in [-0.05, 0) is 6.92 Å². The second-order valence-corrected chi connectivity index (χ2v) is 6.19. The number of fused-ring (bicyclic) bond motifs is 1. The van der Waals surface area contributed by atoms with Crippen LogP contribution in [0, 0.1) is 12.3 Å². The molecule has 0 spiro atoms. The van der Waals surface area contributed by atoms with Crippen molar-refractivity contribution in [1.29, 1.82) is 0 Å². The number of aromatic nitrogens is 4. The topological polar surface area (TPSA) is 118 Å². The van der Waals surface area contributed by atoms with Crippen LogP contribution >= 0.6 is 0 Å². The molecule has 3 heterocycles. The summed E-state index contributed by atoms with van der Waals surface area (Å²) in [6, 6.07) is 0. The Morgan fingerprint density at radius 2 is 2.26 bits per heavy atom. The molecule has 1 aliphatic heterocycles. The van der Waals surface area contributed by atoms with Crippen LogP contribution < -0.4 is 10.4 Å². The van der Waals surface area contributed by atoms with Gasteiger partial charge in [0.2, 0.25) is 5.67 Å². The van der Waals surface area contributed by atoms with Crippen LogP contribution in [0.25, 0.3) is 11.2 Å². The first-order valence-corrected chi connectivity index (χ1v) is 8.28. The minimum Gasteiger partial charge on any atom is -0.394 e. The fraction of sp³-hybridized carbons (Fsp3) is 0.562. The maximum atomic E-state index is 15.3. The van der Waals surface area contributed by atoms with Crippen molar-refractivity contribution in [1.82, 2.24) is 19.5 Å². The van der Waals surface area contributed by atoms with Gasteiger partial charge < -0.3 is 19.8 Å². The van der Waals surface area contributed by atoms with Crippen LogP contribution in [0.5, 0.6) is 0 Å². The molecule has 3 rings (SSSR count). The van der Waals surface area contributed by atoms with Crippen LogP contribution in [0.3, 0.4) is 0 Å². The number of nitrogens with zero attached hydrogens (tertiary/aromatic N) is 5. The molecule has 2 aromatic heterocycles. The summed E-state index contributed by atoms with van der Waals surface area (Å²) in [5.41, 5.74) is 0.634. The number of nitrogens with one attached hydrogen (secondary N) is 1. The van der Waals surface area contributed by atoms with E-state index in [2.05, 4.69) is 20.4 Å². The van der Waals surface area contributed by atoms with E-state index < -0.39 is 30.7 Å². The predicted octanol–water partition coefficient (Wildman–Crippen LogP) is -0.152. The summed E-state index contributed by atoms with van der Waals surface area (Å²) >= 11 is 0. The molecule has 0 unspecified atom stereocenters. The maximum Gasteiger partial charge on any atom is 0.251 e. The molecule has 0 aliphatic carbocycles. The van der Waals surface area contributed by atoms with Gasteiger partial charge in [-0.3, -0.25) is 9.40 Å². The molecule has 3 N–H and O–H groups in total. The van der Waals surface area contributed by atoms with Crippen molar-refractivity contribution >= 4 is 22.9 Å². The fourth-order valence-corrected chi connectivity index (χ4v) is 2.89. The van der Waals surface area contributed by atoms with Gasteiger partial charge in [-0.25, -0.2) is 14.9 Å². The number of ether oxygens (including phenoxy) is 1. The molecule has 1 saturated heterocycles. The third-order valence-corrected chi connectivity index (χ3v) is 4.23. The molecule has 27 heavy (non-hydrogen) atoms. The van der Waals surface area contributed by atoms with Gasteiger partial charge in [0.1, 0.15) is 12.2 Å². The van der Waals surface area contributed by atoms with Crippen LogP contribution in [0.4, 0.5) is 16.2 Å². The van der Waals surface area contributed by atoms with Crippen LogP contribution in [-0.4, -0.2) is 74.9 Å². The third kappa shape index (κ3) is 3.06. The summed E-state index contributed by atoms with van der Waals surface area (Å²) in [6.07, 6.45) is 2.34. The summed E-state index contributed by atoms with van der Waals surface area (Å²) in [5.74, 6) is 2.55. The normalized spacial score (nSPS) is 27.7. The Kier molecular flexibility index (Phi) is 5.16. The first kappa shape index (κ1) is 19.2. The zero-order valence-corrected chi connectivity index (χ0v) is 15.1. The summed E-state index contributed by atoms with van der Waals surface area (Å²) in [4.78, 5) is 19.7. The number of aliphatic hydroxyl groups excluding tert-OH is 2. The lowest BCUT2D eigenvalue weighted by Gasteiger charge is -2.23. The van der Waals surface area contributed by atoms with Crippen molar-refractivity contribution in [2.45, 2.75) is 31.0 Å². The molecule has 1 fully saturated rings. The Labute approximate surface area is 154 Å². The van der Waals surface area contributed by atoms with E-state index in [-0.39, 0.29) is 11.6 Å². The molecular formula is C16H21FN6O4. The number of aliphatic hydroxyl groups is 2. The maximum absolute atomic E-state index is 15.3. The first-order valence-electron chi connectivity index (χ1n) is 8.28. The smallest absolute Gasteiger partial charge is 0.251 e. The van der Waals surface area contributed by atoms with Gasteiger partial charge in [-0.2, -0.15) is 9.97 Å². The van der Waals surface area contributed by atoms with Crippen LogP contribution in [0.1, 0.15) is 13.2 Å². The number of anilines is 2. The zero-order chi connectivity index (χ0) is 19.8. The van der Waals surface area contributed by atoms with Gasteiger partial charge >= 0.3 is 0 Å². The largest absolute Gasteiger partial charge is 0.394 e. The van der Waals surface area contributed by atoms with Gasteiger partial charge in [-0.1, -0.05) is 5.92 Å². The summed E-state index contributed by atoms with van der Waals surface area (Å²) in [5, 5.41) is 19.5. The van der Waals surface area contributed by atoms with Crippen LogP contribution in [0.2, 0.25) is 0 Å². The van der Waals surface area contributed by atoms with Crippen molar-refractivity contribution in [3.8, 4) is 12.3 Å². The Bertz CT molecular complexity index is 868. The zero-order valence-electron chi connectivity index (χ0n) is 15.1. The minimum absolute atomic E-state index is 0.136. The van der Waals surface area contributed by atoms with Crippen molar-refractivity contribution in [2.24, 2.45) is 0 Å². The van der Waals surface area contributed by atoms with Gasteiger partial charge in [0.25, 0.3) is 5.95 Å². The number of halogens is 1. The van der Waals surface area contributed by atoms with Crippen LogP contribution in [-0.2, 0) is 9.57 Å². The van der Waals surface area contributed by atoms with E-state index in [1.807, 2.05) is 5.92 Å². The molecule has 0 radical (unpaired) electrons. The average molecular weight is 380 g/mol. The number of hydrogen-bond acceptors (Lipinski definition) is 9. The highest BCUT2D eigenvalue weighted by Crippen LogP contribution is 2.42. The third-order valence-electron chi connectivity index (χ3n) is 4.23. The van der Waals surface area contributed by atoms with Crippen LogP contribution in [0.15, 0.2) is 6.33 Å². The molecular weight excluding hydrogens is 359 g/mol. The van der Waals surface area contributed by atoms with E-state index in [4.69, 9.17) is 16.0 Å². The SMILES string of the molecule is C#C[C@@]1(F)[C@H](O)[C@@H](CO)O[C@H]1n1cnc2c(N(C)C)nc(NOCC)nc21.